The monoisotopic (exact) mass is 387 g/mol. The van der Waals surface area contributed by atoms with E-state index in [4.69, 9.17) is 0 Å². The molecule has 3 amide bonds. The summed E-state index contributed by atoms with van der Waals surface area (Å²) in [5.41, 5.74) is 3.48. The SMILES string of the molecule is CC(=O)c1ccc(N2C(=O)C3Cc4c([nH]c5ccccc45)C(C)(C)N3C2=O)cc1. The van der Waals surface area contributed by atoms with Crippen molar-refractivity contribution in [1.82, 2.24) is 9.88 Å². The number of benzene rings is 2. The molecular weight excluding hydrogens is 366 g/mol. The van der Waals surface area contributed by atoms with Gasteiger partial charge in [0.15, 0.2) is 5.78 Å². The van der Waals surface area contributed by atoms with Gasteiger partial charge in [-0.05, 0) is 56.7 Å². The molecule has 0 radical (unpaired) electrons. The van der Waals surface area contributed by atoms with Crippen LogP contribution in [0.5, 0.6) is 0 Å². The van der Waals surface area contributed by atoms with E-state index in [1.54, 1.807) is 29.2 Å². The van der Waals surface area contributed by atoms with Crippen LogP contribution in [0.4, 0.5) is 10.5 Å². The summed E-state index contributed by atoms with van der Waals surface area (Å²) >= 11 is 0. The van der Waals surface area contributed by atoms with E-state index in [1.807, 2.05) is 32.0 Å². The minimum atomic E-state index is -0.655. The van der Waals surface area contributed by atoms with E-state index < -0.39 is 11.6 Å². The predicted octanol–water partition coefficient (Wildman–Crippen LogP) is 4.00. The number of aromatic nitrogens is 1. The number of Topliss-reactive ketones (excluding diaryl/α,β-unsaturated/α-hetero) is 1. The van der Waals surface area contributed by atoms with Crippen LogP contribution < -0.4 is 4.90 Å². The Hall–Kier alpha value is -3.41. The number of para-hydroxylation sites is 1. The maximum atomic E-state index is 13.4. The lowest BCUT2D eigenvalue weighted by molar-refractivity contribution is -0.121. The Bertz CT molecular complexity index is 1190. The normalized spacial score (nSPS) is 20.2. The fraction of sp³-hybridized carbons (Fsp3) is 0.261. The Balaban J connectivity index is 1.59. The lowest BCUT2D eigenvalue weighted by atomic mass is 9.85. The highest BCUT2D eigenvalue weighted by Gasteiger charge is 2.55. The fourth-order valence-corrected chi connectivity index (χ4v) is 4.73. The molecule has 6 nitrogen and oxygen atoms in total. The molecule has 146 valence electrons. The predicted molar refractivity (Wildman–Crippen MR) is 110 cm³/mol. The first kappa shape index (κ1) is 17.7. The molecule has 29 heavy (non-hydrogen) atoms. The van der Waals surface area contributed by atoms with Gasteiger partial charge >= 0.3 is 6.03 Å². The number of nitrogens with zero attached hydrogens (tertiary/aromatic N) is 2. The van der Waals surface area contributed by atoms with E-state index in [1.165, 1.54) is 11.8 Å². The van der Waals surface area contributed by atoms with E-state index in [9.17, 15) is 14.4 Å². The molecule has 2 aliphatic heterocycles. The summed E-state index contributed by atoms with van der Waals surface area (Å²) < 4.78 is 0. The van der Waals surface area contributed by atoms with Gasteiger partial charge in [-0.15, -0.1) is 0 Å². The Labute approximate surface area is 168 Å². The Morgan fingerprint density at radius 3 is 2.45 bits per heavy atom. The third-order valence-electron chi connectivity index (χ3n) is 6.17. The number of ketones is 1. The molecule has 2 aromatic carbocycles. The molecule has 0 bridgehead atoms. The molecular formula is C23H21N3O3. The van der Waals surface area contributed by atoms with Gasteiger partial charge in [-0.1, -0.05) is 18.2 Å². The first-order valence-corrected chi connectivity index (χ1v) is 9.69. The molecule has 0 spiro atoms. The van der Waals surface area contributed by atoms with Crippen LogP contribution in [0.2, 0.25) is 0 Å². The molecule has 0 saturated carbocycles. The summed E-state index contributed by atoms with van der Waals surface area (Å²) in [6.45, 7) is 5.43. The van der Waals surface area contributed by atoms with Gasteiger partial charge in [0.2, 0.25) is 0 Å². The molecule has 5 rings (SSSR count). The number of amides is 3. The summed E-state index contributed by atoms with van der Waals surface area (Å²) in [4.78, 5) is 44.6. The minimum Gasteiger partial charge on any atom is -0.356 e. The van der Waals surface area contributed by atoms with Gasteiger partial charge in [0, 0.05) is 28.6 Å². The second kappa shape index (κ2) is 5.80. The van der Waals surface area contributed by atoms with Crippen molar-refractivity contribution in [2.45, 2.75) is 38.8 Å². The Kier molecular flexibility index (Phi) is 3.53. The number of anilines is 1. The van der Waals surface area contributed by atoms with Crippen molar-refractivity contribution in [2.75, 3.05) is 4.90 Å². The van der Waals surface area contributed by atoms with Crippen molar-refractivity contribution in [3.63, 3.8) is 0 Å². The summed E-state index contributed by atoms with van der Waals surface area (Å²) in [5, 5.41) is 1.10. The molecule has 6 heteroatoms. The number of urea groups is 1. The number of nitrogens with one attached hydrogen (secondary N) is 1. The third kappa shape index (κ3) is 2.32. The average molecular weight is 387 g/mol. The average Bonchev–Trinajstić information content (AvgIpc) is 3.19. The zero-order valence-corrected chi connectivity index (χ0v) is 16.5. The number of aromatic amines is 1. The van der Waals surface area contributed by atoms with Gasteiger partial charge in [-0.3, -0.25) is 9.59 Å². The smallest absolute Gasteiger partial charge is 0.332 e. The largest absolute Gasteiger partial charge is 0.356 e. The number of hydrogen-bond acceptors (Lipinski definition) is 3. The van der Waals surface area contributed by atoms with Crippen LogP contribution in [0.25, 0.3) is 10.9 Å². The molecule has 1 saturated heterocycles. The molecule has 3 heterocycles. The third-order valence-corrected chi connectivity index (χ3v) is 6.17. The van der Waals surface area contributed by atoms with Gasteiger partial charge in [0.25, 0.3) is 5.91 Å². The molecule has 0 aliphatic carbocycles. The van der Waals surface area contributed by atoms with Gasteiger partial charge in [-0.25, -0.2) is 9.69 Å². The lowest BCUT2D eigenvalue weighted by Gasteiger charge is -2.42. The van der Waals surface area contributed by atoms with Crippen LogP contribution in [0.1, 0.15) is 42.4 Å². The molecule has 1 unspecified atom stereocenters. The van der Waals surface area contributed by atoms with E-state index in [0.29, 0.717) is 17.7 Å². The standard InChI is InChI=1S/C23H21N3O3/c1-13(27)14-8-10-15(11-9-14)25-21(28)19-12-17-16-6-4-5-7-18(16)24-20(17)23(2,3)26(19)22(25)29/h4-11,19,24H,12H2,1-3H3. The van der Waals surface area contributed by atoms with Gasteiger partial charge in [-0.2, -0.15) is 0 Å². The topological polar surface area (TPSA) is 73.5 Å². The Morgan fingerprint density at radius 2 is 1.76 bits per heavy atom. The highest BCUT2D eigenvalue weighted by molar-refractivity contribution is 6.22. The molecule has 1 aromatic heterocycles. The summed E-state index contributed by atoms with van der Waals surface area (Å²) in [5.74, 6) is -0.283. The van der Waals surface area contributed by atoms with Crippen LogP contribution in [-0.4, -0.2) is 33.6 Å². The number of fused-ring (bicyclic) bond motifs is 4. The van der Waals surface area contributed by atoms with E-state index in [0.717, 1.165) is 22.2 Å². The van der Waals surface area contributed by atoms with Crippen LogP contribution >= 0.6 is 0 Å². The first-order chi connectivity index (χ1) is 13.8. The number of rotatable bonds is 2. The summed E-state index contributed by atoms with van der Waals surface area (Å²) in [7, 11) is 0. The maximum absolute atomic E-state index is 13.4. The van der Waals surface area contributed by atoms with Crippen molar-refractivity contribution in [2.24, 2.45) is 0 Å². The number of carbonyl (C=O) groups is 3. The van der Waals surface area contributed by atoms with Crippen molar-refractivity contribution in [3.8, 4) is 0 Å². The second-order valence-electron chi connectivity index (χ2n) is 8.23. The van der Waals surface area contributed by atoms with Crippen LogP contribution in [-0.2, 0) is 16.8 Å². The van der Waals surface area contributed by atoms with Gasteiger partial charge in [0.05, 0.1) is 11.2 Å². The molecule has 1 N–H and O–H groups in total. The fourth-order valence-electron chi connectivity index (χ4n) is 4.73. The van der Waals surface area contributed by atoms with Gasteiger partial charge < -0.3 is 9.88 Å². The van der Waals surface area contributed by atoms with Crippen molar-refractivity contribution in [1.29, 1.82) is 0 Å². The van der Waals surface area contributed by atoms with Crippen molar-refractivity contribution >= 4 is 34.3 Å². The van der Waals surface area contributed by atoms with Crippen LogP contribution in [0.3, 0.4) is 0 Å². The maximum Gasteiger partial charge on any atom is 0.332 e. The summed E-state index contributed by atoms with van der Waals surface area (Å²) in [6.07, 6.45) is 0.482. The Morgan fingerprint density at radius 1 is 1.07 bits per heavy atom. The lowest BCUT2D eigenvalue weighted by Crippen LogP contribution is -2.52. The van der Waals surface area contributed by atoms with Crippen LogP contribution in [0, 0.1) is 0 Å². The van der Waals surface area contributed by atoms with Crippen molar-refractivity contribution in [3.05, 3.63) is 65.4 Å². The molecule has 1 atom stereocenters. The van der Waals surface area contributed by atoms with E-state index >= 15 is 0 Å². The van der Waals surface area contributed by atoms with E-state index in [2.05, 4.69) is 11.1 Å². The highest BCUT2D eigenvalue weighted by Crippen LogP contribution is 2.45. The number of H-pyrrole nitrogens is 1. The highest BCUT2D eigenvalue weighted by atomic mass is 16.2. The molecule has 3 aromatic rings. The quantitative estimate of drug-likeness (QED) is 0.534. The first-order valence-electron chi connectivity index (χ1n) is 9.69. The molecule has 1 fully saturated rings. The number of imide groups is 1. The van der Waals surface area contributed by atoms with Crippen molar-refractivity contribution < 1.29 is 14.4 Å². The zero-order chi connectivity index (χ0) is 20.5. The summed E-state index contributed by atoms with van der Waals surface area (Å²) in [6, 6.07) is 13.8. The van der Waals surface area contributed by atoms with Gasteiger partial charge in [0.1, 0.15) is 6.04 Å². The number of hydrogen-bond donors (Lipinski definition) is 1. The van der Waals surface area contributed by atoms with E-state index in [-0.39, 0.29) is 17.7 Å². The van der Waals surface area contributed by atoms with Crippen LogP contribution in [0.15, 0.2) is 48.5 Å². The minimum absolute atomic E-state index is 0.0560. The second-order valence-corrected chi connectivity index (χ2v) is 8.23. The molecule has 2 aliphatic rings. The zero-order valence-electron chi connectivity index (χ0n) is 16.5. The number of carbonyl (C=O) groups excluding carboxylic acids is 3.